The first kappa shape index (κ1) is 19.1. The Morgan fingerprint density at radius 2 is 1.62 bits per heavy atom. The number of hydrogen-bond donors (Lipinski definition) is 1. The summed E-state index contributed by atoms with van der Waals surface area (Å²) < 4.78 is 0. The van der Waals surface area contributed by atoms with Crippen molar-refractivity contribution in [2.75, 3.05) is 19.6 Å². The van der Waals surface area contributed by atoms with Gasteiger partial charge in [-0.05, 0) is 45.2 Å². The molecule has 1 aliphatic heterocycles. The van der Waals surface area contributed by atoms with E-state index in [1.54, 1.807) is 0 Å². The number of hydrogen-bond acceptors (Lipinski definition) is 3. The Morgan fingerprint density at radius 1 is 0.923 bits per heavy atom. The summed E-state index contributed by atoms with van der Waals surface area (Å²) in [4.78, 5) is 27.1. The van der Waals surface area contributed by atoms with E-state index < -0.39 is 0 Å². The maximum atomic E-state index is 12.3. The largest absolute Gasteiger partial charge is 0.354 e. The van der Waals surface area contributed by atoms with Crippen LogP contribution in [0, 0.1) is 0 Å². The third-order valence-corrected chi connectivity index (χ3v) is 6.08. The van der Waals surface area contributed by atoms with Gasteiger partial charge in [0.05, 0.1) is 0 Å². The van der Waals surface area contributed by atoms with Gasteiger partial charge in [0, 0.05) is 30.5 Å². The molecule has 0 unspecified atom stereocenters. The van der Waals surface area contributed by atoms with Crippen LogP contribution in [0.5, 0.6) is 0 Å². The van der Waals surface area contributed by atoms with E-state index in [-0.39, 0.29) is 17.2 Å². The fourth-order valence-electron chi connectivity index (χ4n) is 4.54. The van der Waals surface area contributed by atoms with Crippen LogP contribution in [0.15, 0.2) is 30.3 Å². The number of nitrogens with one attached hydrogen (secondary N) is 1. The Kier molecular flexibility index (Phi) is 6.84. The lowest BCUT2D eigenvalue weighted by atomic mass is 9.92. The number of piperidine rings is 1. The van der Waals surface area contributed by atoms with E-state index in [2.05, 4.69) is 10.2 Å². The minimum Gasteiger partial charge on any atom is -0.354 e. The molecular weight excluding hydrogens is 324 g/mol. The number of likely N-dealkylation sites (tertiary alicyclic amines) is 1. The molecule has 2 aliphatic rings. The molecule has 1 saturated heterocycles. The Labute approximate surface area is 157 Å². The summed E-state index contributed by atoms with van der Waals surface area (Å²) in [6, 6.07) is 9.34. The summed E-state index contributed by atoms with van der Waals surface area (Å²) in [6.45, 7) is 3.14. The molecule has 1 N–H and O–H groups in total. The predicted octanol–water partition coefficient (Wildman–Crippen LogP) is 3.95. The van der Waals surface area contributed by atoms with Crippen LogP contribution >= 0.6 is 0 Å². The molecule has 1 aromatic carbocycles. The summed E-state index contributed by atoms with van der Waals surface area (Å²) in [5, 5.41) is 3.18. The first-order valence-electron chi connectivity index (χ1n) is 10.3. The molecule has 0 spiro atoms. The number of carbonyl (C=O) groups is 2. The van der Waals surface area contributed by atoms with Crippen molar-refractivity contribution in [1.82, 2.24) is 10.2 Å². The van der Waals surface area contributed by atoms with Gasteiger partial charge in [-0.15, -0.1) is 0 Å². The van der Waals surface area contributed by atoms with E-state index in [0.29, 0.717) is 19.3 Å². The van der Waals surface area contributed by atoms with E-state index >= 15 is 0 Å². The van der Waals surface area contributed by atoms with Gasteiger partial charge in [-0.3, -0.25) is 14.5 Å². The van der Waals surface area contributed by atoms with Crippen LogP contribution in [0.25, 0.3) is 0 Å². The highest BCUT2D eigenvalue weighted by Gasteiger charge is 2.39. The molecule has 0 aromatic heterocycles. The molecule has 1 heterocycles. The maximum absolute atomic E-state index is 12.3. The second kappa shape index (κ2) is 9.31. The molecule has 0 radical (unpaired) electrons. The minimum absolute atomic E-state index is 0.0918. The predicted molar refractivity (Wildman–Crippen MR) is 104 cm³/mol. The third kappa shape index (κ3) is 4.94. The van der Waals surface area contributed by atoms with Crippen LogP contribution < -0.4 is 5.32 Å². The van der Waals surface area contributed by atoms with Gasteiger partial charge in [0.25, 0.3) is 0 Å². The highest BCUT2D eigenvalue weighted by Crippen LogP contribution is 2.36. The molecule has 1 aliphatic carbocycles. The lowest BCUT2D eigenvalue weighted by molar-refractivity contribution is -0.121. The number of ketones is 1. The van der Waals surface area contributed by atoms with Crippen LogP contribution in [0.2, 0.25) is 0 Å². The monoisotopic (exact) mass is 356 g/mol. The maximum Gasteiger partial charge on any atom is 0.220 e. The quantitative estimate of drug-likeness (QED) is 0.718. The third-order valence-electron chi connectivity index (χ3n) is 6.08. The van der Waals surface area contributed by atoms with Gasteiger partial charge in [0.2, 0.25) is 5.91 Å². The molecular formula is C22H32N2O2. The Hall–Kier alpha value is -1.68. The average Bonchev–Trinajstić information content (AvgIpc) is 3.18. The molecule has 4 heteroatoms. The van der Waals surface area contributed by atoms with Gasteiger partial charge in [0.1, 0.15) is 0 Å². The summed E-state index contributed by atoms with van der Waals surface area (Å²) in [7, 11) is 0. The molecule has 4 nitrogen and oxygen atoms in total. The second-order valence-corrected chi connectivity index (χ2v) is 7.90. The zero-order chi connectivity index (χ0) is 18.2. The Bertz CT molecular complexity index is 587. The van der Waals surface area contributed by atoms with Crippen LogP contribution in [0.4, 0.5) is 0 Å². The van der Waals surface area contributed by atoms with E-state index in [1.165, 1.54) is 58.0 Å². The van der Waals surface area contributed by atoms with Gasteiger partial charge >= 0.3 is 0 Å². The summed E-state index contributed by atoms with van der Waals surface area (Å²) in [5.41, 5.74) is 0.929. The van der Waals surface area contributed by atoms with Gasteiger partial charge in [-0.25, -0.2) is 0 Å². The van der Waals surface area contributed by atoms with Gasteiger partial charge in [-0.2, -0.15) is 0 Å². The van der Waals surface area contributed by atoms with Gasteiger partial charge in [0.15, 0.2) is 5.78 Å². The van der Waals surface area contributed by atoms with Gasteiger partial charge in [-0.1, -0.05) is 49.6 Å². The highest BCUT2D eigenvalue weighted by molar-refractivity contribution is 5.96. The molecule has 0 bridgehead atoms. The van der Waals surface area contributed by atoms with E-state index in [1.807, 2.05) is 30.3 Å². The fraction of sp³-hybridized carbons (Fsp3) is 0.636. The highest BCUT2D eigenvalue weighted by atomic mass is 16.1. The van der Waals surface area contributed by atoms with Crippen molar-refractivity contribution in [2.45, 2.75) is 69.7 Å². The van der Waals surface area contributed by atoms with E-state index in [9.17, 15) is 9.59 Å². The van der Waals surface area contributed by atoms with Crippen molar-refractivity contribution in [3.05, 3.63) is 35.9 Å². The van der Waals surface area contributed by atoms with Crippen molar-refractivity contribution < 1.29 is 9.59 Å². The Balaban J connectivity index is 1.42. The molecule has 3 rings (SSSR count). The molecule has 2 fully saturated rings. The molecule has 26 heavy (non-hydrogen) atoms. The normalized spacial score (nSPS) is 20.0. The van der Waals surface area contributed by atoms with Crippen LogP contribution in [0.1, 0.15) is 74.6 Å². The molecule has 0 atom stereocenters. The minimum atomic E-state index is 0.0918. The van der Waals surface area contributed by atoms with Crippen molar-refractivity contribution in [2.24, 2.45) is 0 Å². The van der Waals surface area contributed by atoms with Crippen LogP contribution in [0.3, 0.4) is 0 Å². The number of nitrogens with zero attached hydrogens (tertiary/aromatic N) is 1. The van der Waals surface area contributed by atoms with E-state index in [4.69, 9.17) is 0 Å². The first-order chi connectivity index (χ1) is 12.7. The zero-order valence-electron chi connectivity index (χ0n) is 15.8. The number of Topliss-reactive ketones (excluding diaryl/α,β-unsaturated/α-hetero) is 1. The second-order valence-electron chi connectivity index (χ2n) is 7.90. The van der Waals surface area contributed by atoms with Crippen molar-refractivity contribution in [1.29, 1.82) is 0 Å². The number of amides is 1. The smallest absolute Gasteiger partial charge is 0.220 e. The molecule has 1 saturated carbocycles. The lowest BCUT2D eigenvalue weighted by Gasteiger charge is -2.43. The lowest BCUT2D eigenvalue weighted by Crippen LogP contribution is -2.55. The summed E-state index contributed by atoms with van der Waals surface area (Å²) in [6.07, 6.45) is 10.4. The molecule has 1 aromatic rings. The summed E-state index contributed by atoms with van der Waals surface area (Å²) in [5.74, 6) is 0.216. The molecule has 142 valence electrons. The first-order valence-corrected chi connectivity index (χ1v) is 10.3. The SMILES string of the molecule is O=C(CCCC(=O)c1ccccc1)NCC1(N2CCCCC2)CCCC1. The molecule has 1 amide bonds. The fourth-order valence-corrected chi connectivity index (χ4v) is 4.54. The van der Waals surface area contributed by atoms with Crippen molar-refractivity contribution in [3.8, 4) is 0 Å². The zero-order valence-corrected chi connectivity index (χ0v) is 15.8. The van der Waals surface area contributed by atoms with Crippen LogP contribution in [-0.2, 0) is 4.79 Å². The number of benzene rings is 1. The number of rotatable bonds is 8. The van der Waals surface area contributed by atoms with Crippen LogP contribution in [-0.4, -0.2) is 41.8 Å². The average molecular weight is 357 g/mol. The Morgan fingerprint density at radius 3 is 2.31 bits per heavy atom. The standard InChI is InChI=1S/C22H32N2O2/c25-20(19-10-3-1-4-11-19)12-9-13-21(26)23-18-22(14-5-6-15-22)24-16-7-2-8-17-24/h1,3-4,10-11H,2,5-9,12-18H2,(H,23,26). The van der Waals surface area contributed by atoms with Crippen molar-refractivity contribution >= 4 is 11.7 Å². The van der Waals surface area contributed by atoms with E-state index in [0.717, 1.165) is 12.1 Å². The summed E-state index contributed by atoms with van der Waals surface area (Å²) >= 11 is 0. The topological polar surface area (TPSA) is 49.4 Å². The van der Waals surface area contributed by atoms with Gasteiger partial charge < -0.3 is 5.32 Å². The van der Waals surface area contributed by atoms with Crippen molar-refractivity contribution in [3.63, 3.8) is 0 Å². The number of carbonyl (C=O) groups excluding carboxylic acids is 2.